The van der Waals surface area contributed by atoms with Gasteiger partial charge in [-0.1, -0.05) is 35.4 Å². The third kappa shape index (κ3) is 3.81. The van der Waals surface area contributed by atoms with Gasteiger partial charge in [-0.05, 0) is 23.8 Å². The van der Waals surface area contributed by atoms with Crippen LogP contribution in [-0.2, 0) is 4.74 Å². The smallest absolute Gasteiger partial charge is 0.0646 e. The van der Waals surface area contributed by atoms with E-state index in [4.69, 9.17) is 27.9 Å². The topological polar surface area (TPSA) is 9.23 Å². The second kappa shape index (κ2) is 5.28. The van der Waals surface area contributed by atoms with Gasteiger partial charge in [0.1, 0.15) is 0 Å². The third-order valence-corrected chi connectivity index (χ3v) is 1.89. The first-order valence-corrected chi connectivity index (χ1v) is 4.59. The Kier molecular flexibility index (Phi) is 4.29. The van der Waals surface area contributed by atoms with E-state index in [1.807, 2.05) is 24.3 Å². The fourth-order valence-electron chi connectivity index (χ4n) is 0.952. The van der Waals surface area contributed by atoms with Crippen molar-refractivity contribution in [3.05, 3.63) is 39.9 Å². The van der Waals surface area contributed by atoms with Crippen LogP contribution in [0.25, 0.3) is 6.08 Å². The monoisotopic (exact) mass is 216 g/mol. The van der Waals surface area contributed by atoms with Gasteiger partial charge in [0.25, 0.3) is 0 Å². The van der Waals surface area contributed by atoms with Gasteiger partial charge in [0.15, 0.2) is 0 Å². The zero-order chi connectivity index (χ0) is 9.68. The van der Waals surface area contributed by atoms with Crippen molar-refractivity contribution in [2.75, 3.05) is 13.7 Å². The Morgan fingerprint density at radius 2 is 1.85 bits per heavy atom. The lowest BCUT2D eigenvalue weighted by Gasteiger charge is -1.96. The van der Waals surface area contributed by atoms with Crippen molar-refractivity contribution < 1.29 is 4.74 Å². The summed E-state index contributed by atoms with van der Waals surface area (Å²) in [5, 5.41) is 1.29. The van der Waals surface area contributed by atoms with Gasteiger partial charge in [-0.15, -0.1) is 0 Å². The van der Waals surface area contributed by atoms with E-state index < -0.39 is 0 Å². The van der Waals surface area contributed by atoms with E-state index in [0.717, 1.165) is 5.56 Å². The van der Waals surface area contributed by atoms with Crippen molar-refractivity contribution in [1.82, 2.24) is 0 Å². The molecule has 0 amide bonds. The lowest BCUT2D eigenvalue weighted by atomic mass is 10.2. The highest BCUT2D eigenvalue weighted by atomic mass is 35.5. The normalized spacial score (nSPS) is 11.0. The van der Waals surface area contributed by atoms with Crippen molar-refractivity contribution in [2.45, 2.75) is 0 Å². The zero-order valence-electron chi connectivity index (χ0n) is 7.26. The van der Waals surface area contributed by atoms with Gasteiger partial charge in [-0.25, -0.2) is 0 Å². The van der Waals surface area contributed by atoms with E-state index in [2.05, 4.69) is 0 Å². The van der Waals surface area contributed by atoms with Crippen LogP contribution in [0.1, 0.15) is 5.56 Å². The molecule has 3 heteroatoms. The molecule has 13 heavy (non-hydrogen) atoms. The molecule has 0 radical (unpaired) electrons. The lowest BCUT2D eigenvalue weighted by molar-refractivity contribution is 0.234. The molecule has 0 aliphatic heterocycles. The minimum Gasteiger partial charge on any atom is -0.381 e. The third-order valence-electron chi connectivity index (χ3n) is 1.46. The summed E-state index contributed by atoms with van der Waals surface area (Å²) in [6, 6.07) is 5.40. The lowest BCUT2D eigenvalue weighted by Crippen LogP contribution is -1.80. The minimum absolute atomic E-state index is 0.587. The molecule has 0 aliphatic rings. The second-order valence-corrected chi connectivity index (χ2v) is 3.43. The van der Waals surface area contributed by atoms with Crippen molar-refractivity contribution >= 4 is 29.3 Å². The quantitative estimate of drug-likeness (QED) is 0.750. The predicted octanol–water partition coefficient (Wildman–Crippen LogP) is 3.65. The molecule has 0 saturated heterocycles. The van der Waals surface area contributed by atoms with Crippen LogP contribution in [0.3, 0.4) is 0 Å². The highest BCUT2D eigenvalue weighted by Crippen LogP contribution is 2.19. The summed E-state index contributed by atoms with van der Waals surface area (Å²) in [5.41, 5.74) is 0.981. The molecule has 70 valence electrons. The molecule has 1 rings (SSSR count). The minimum atomic E-state index is 0.587. The van der Waals surface area contributed by atoms with Crippen LogP contribution in [0.4, 0.5) is 0 Å². The summed E-state index contributed by atoms with van der Waals surface area (Å²) in [6.45, 7) is 0.587. The van der Waals surface area contributed by atoms with Crippen molar-refractivity contribution in [2.24, 2.45) is 0 Å². The maximum Gasteiger partial charge on any atom is 0.0646 e. The van der Waals surface area contributed by atoms with Gasteiger partial charge in [0.2, 0.25) is 0 Å². The van der Waals surface area contributed by atoms with E-state index in [-0.39, 0.29) is 0 Å². The second-order valence-electron chi connectivity index (χ2n) is 2.56. The number of rotatable bonds is 3. The van der Waals surface area contributed by atoms with E-state index in [9.17, 15) is 0 Å². The molecule has 0 saturated carbocycles. The van der Waals surface area contributed by atoms with Gasteiger partial charge in [-0.2, -0.15) is 0 Å². The summed E-state index contributed by atoms with van der Waals surface area (Å²) >= 11 is 11.6. The average Bonchev–Trinajstić information content (AvgIpc) is 2.03. The predicted molar refractivity (Wildman–Crippen MR) is 57.4 cm³/mol. The maximum atomic E-state index is 5.81. The summed E-state index contributed by atoms with van der Waals surface area (Å²) < 4.78 is 4.87. The molecule has 1 aromatic carbocycles. The fourth-order valence-corrected chi connectivity index (χ4v) is 1.49. The molecule has 1 nitrogen and oxygen atoms in total. The Morgan fingerprint density at radius 3 is 2.38 bits per heavy atom. The van der Waals surface area contributed by atoms with Crippen LogP contribution in [0, 0.1) is 0 Å². The highest BCUT2D eigenvalue weighted by molar-refractivity contribution is 6.34. The van der Waals surface area contributed by atoms with E-state index >= 15 is 0 Å². The number of methoxy groups -OCH3 is 1. The zero-order valence-corrected chi connectivity index (χ0v) is 8.77. The molecule has 0 spiro atoms. The number of ether oxygens (including phenoxy) is 1. The summed E-state index contributed by atoms with van der Waals surface area (Å²) in [4.78, 5) is 0. The van der Waals surface area contributed by atoms with Gasteiger partial charge < -0.3 is 4.74 Å². The molecule has 0 aromatic heterocycles. The Balaban J connectivity index is 2.77. The van der Waals surface area contributed by atoms with Gasteiger partial charge in [0.05, 0.1) is 6.61 Å². The highest BCUT2D eigenvalue weighted by Gasteiger charge is 1.93. The van der Waals surface area contributed by atoms with Crippen molar-refractivity contribution in [3.63, 3.8) is 0 Å². The molecule has 0 N–H and O–H groups in total. The molecule has 0 unspecified atom stereocenters. The first-order chi connectivity index (χ1) is 6.22. The Hall–Kier alpha value is -0.500. The van der Waals surface area contributed by atoms with Crippen LogP contribution in [-0.4, -0.2) is 13.7 Å². The number of hydrogen-bond donors (Lipinski definition) is 0. The molecule has 0 bridgehead atoms. The van der Waals surface area contributed by atoms with Crippen LogP contribution < -0.4 is 0 Å². The van der Waals surface area contributed by atoms with Crippen LogP contribution >= 0.6 is 23.2 Å². The van der Waals surface area contributed by atoms with Crippen molar-refractivity contribution in [3.8, 4) is 0 Å². The van der Waals surface area contributed by atoms with Gasteiger partial charge >= 0.3 is 0 Å². The standard InChI is InChI=1S/C10H10Cl2O/c1-13-4-2-3-8-5-9(11)7-10(12)6-8/h2-3,5-7H,4H2,1H3/b3-2+. The largest absolute Gasteiger partial charge is 0.381 e. The van der Waals surface area contributed by atoms with Crippen molar-refractivity contribution in [1.29, 1.82) is 0 Å². The molecule has 0 heterocycles. The molecule has 0 fully saturated rings. The van der Waals surface area contributed by atoms with Gasteiger partial charge in [0, 0.05) is 17.2 Å². The molecule has 0 atom stereocenters. The number of hydrogen-bond acceptors (Lipinski definition) is 1. The first-order valence-electron chi connectivity index (χ1n) is 3.84. The first kappa shape index (κ1) is 10.6. The number of halogens is 2. The molecular formula is C10H10Cl2O. The number of benzene rings is 1. The van der Waals surface area contributed by atoms with E-state index in [1.54, 1.807) is 13.2 Å². The van der Waals surface area contributed by atoms with Crippen LogP contribution in [0.2, 0.25) is 10.0 Å². The van der Waals surface area contributed by atoms with E-state index in [1.165, 1.54) is 0 Å². The van der Waals surface area contributed by atoms with Crippen LogP contribution in [0.15, 0.2) is 24.3 Å². The summed E-state index contributed by atoms with van der Waals surface area (Å²) in [5.74, 6) is 0. The summed E-state index contributed by atoms with van der Waals surface area (Å²) in [7, 11) is 1.65. The molecule has 1 aromatic rings. The Bertz CT molecular complexity index is 288. The Labute approximate surface area is 87.9 Å². The summed E-state index contributed by atoms with van der Waals surface area (Å²) in [6.07, 6.45) is 3.82. The maximum absolute atomic E-state index is 5.81. The molecule has 0 aliphatic carbocycles. The van der Waals surface area contributed by atoms with Gasteiger partial charge in [-0.3, -0.25) is 0 Å². The van der Waals surface area contributed by atoms with Crippen LogP contribution in [0.5, 0.6) is 0 Å². The average molecular weight is 217 g/mol. The van der Waals surface area contributed by atoms with E-state index in [0.29, 0.717) is 16.7 Å². The Morgan fingerprint density at radius 1 is 1.23 bits per heavy atom. The fraction of sp³-hybridized carbons (Fsp3) is 0.200. The SMILES string of the molecule is COC/C=C/c1cc(Cl)cc(Cl)c1. The molecular weight excluding hydrogens is 207 g/mol.